The zero-order valence-electron chi connectivity index (χ0n) is 15.3. The molecule has 2 aromatic carbocycles. The Labute approximate surface area is 153 Å². The summed E-state index contributed by atoms with van der Waals surface area (Å²) < 4.78 is 5.58. The molecule has 2 aromatic rings. The van der Waals surface area contributed by atoms with E-state index >= 15 is 0 Å². The number of ether oxygens (including phenoxy) is 1. The number of benzene rings is 2. The van der Waals surface area contributed by atoms with Gasteiger partial charge < -0.3 is 15.4 Å². The Balaban J connectivity index is 1.50. The molecule has 0 heterocycles. The second-order valence-corrected chi connectivity index (χ2v) is 6.98. The summed E-state index contributed by atoms with van der Waals surface area (Å²) in [6.45, 7) is 5.92. The minimum Gasteiger partial charge on any atom is -0.491 e. The highest BCUT2D eigenvalue weighted by Crippen LogP contribution is 2.40. The molecule has 136 valence electrons. The minimum absolute atomic E-state index is 0.102. The van der Waals surface area contributed by atoms with Gasteiger partial charge in [-0.3, -0.25) is 9.59 Å². The van der Waals surface area contributed by atoms with Gasteiger partial charge in [-0.2, -0.15) is 0 Å². The summed E-state index contributed by atoms with van der Waals surface area (Å²) in [5, 5.41) is 5.74. The van der Waals surface area contributed by atoms with Gasteiger partial charge >= 0.3 is 0 Å². The second kappa shape index (κ2) is 7.60. The minimum atomic E-state index is -0.271. The Bertz CT molecular complexity index is 782. The SMILES string of the molecule is Cc1ccc(NC(=O)C2CC2C(=O)Nc2ccc(OC(C)C)cc2)cc1. The summed E-state index contributed by atoms with van der Waals surface area (Å²) in [6.07, 6.45) is 0.688. The smallest absolute Gasteiger partial charge is 0.228 e. The maximum atomic E-state index is 12.3. The van der Waals surface area contributed by atoms with Crippen molar-refractivity contribution in [1.82, 2.24) is 0 Å². The molecule has 0 saturated heterocycles. The van der Waals surface area contributed by atoms with Crippen molar-refractivity contribution in [2.45, 2.75) is 33.3 Å². The van der Waals surface area contributed by atoms with E-state index in [2.05, 4.69) is 10.6 Å². The Morgan fingerprint density at radius 3 is 1.81 bits per heavy atom. The Kier molecular flexibility index (Phi) is 5.26. The lowest BCUT2D eigenvalue weighted by Gasteiger charge is -2.10. The van der Waals surface area contributed by atoms with Crippen molar-refractivity contribution in [3.05, 3.63) is 54.1 Å². The molecule has 2 N–H and O–H groups in total. The molecular weight excluding hydrogens is 328 g/mol. The van der Waals surface area contributed by atoms with E-state index in [9.17, 15) is 9.59 Å². The number of amides is 2. The number of aryl methyl sites for hydroxylation is 1. The van der Waals surface area contributed by atoms with Crippen LogP contribution >= 0.6 is 0 Å². The number of hydrogen-bond acceptors (Lipinski definition) is 3. The van der Waals surface area contributed by atoms with Crippen LogP contribution in [0.5, 0.6) is 5.75 Å². The third kappa shape index (κ3) is 4.63. The number of hydrogen-bond donors (Lipinski definition) is 2. The molecule has 3 rings (SSSR count). The number of anilines is 2. The molecule has 1 fully saturated rings. The predicted octanol–water partition coefficient (Wildman–Crippen LogP) is 4.00. The van der Waals surface area contributed by atoms with Crippen LogP contribution < -0.4 is 15.4 Å². The lowest BCUT2D eigenvalue weighted by Crippen LogP contribution is -2.20. The summed E-state index contributed by atoms with van der Waals surface area (Å²) in [5.74, 6) is 0.00734. The van der Waals surface area contributed by atoms with Gasteiger partial charge in [0.2, 0.25) is 11.8 Å². The Morgan fingerprint density at radius 2 is 1.35 bits per heavy atom. The summed E-state index contributed by atoms with van der Waals surface area (Å²) in [7, 11) is 0. The molecule has 5 heteroatoms. The summed E-state index contributed by atoms with van der Waals surface area (Å²) in [4.78, 5) is 24.6. The summed E-state index contributed by atoms with van der Waals surface area (Å²) in [6, 6.07) is 14.9. The molecule has 1 saturated carbocycles. The van der Waals surface area contributed by atoms with Crippen LogP contribution in [-0.4, -0.2) is 17.9 Å². The first-order valence-electron chi connectivity index (χ1n) is 8.87. The number of nitrogens with one attached hydrogen (secondary N) is 2. The molecule has 0 aromatic heterocycles. The number of rotatable bonds is 6. The van der Waals surface area contributed by atoms with Crippen LogP contribution in [0.1, 0.15) is 25.8 Å². The van der Waals surface area contributed by atoms with Crippen LogP contribution in [-0.2, 0) is 9.59 Å². The normalized spacial score (nSPS) is 18.3. The van der Waals surface area contributed by atoms with Crippen molar-refractivity contribution >= 4 is 23.2 Å². The van der Waals surface area contributed by atoms with E-state index in [1.807, 2.05) is 57.2 Å². The van der Waals surface area contributed by atoms with Crippen LogP contribution in [0.4, 0.5) is 11.4 Å². The topological polar surface area (TPSA) is 67.4 Å². The van der Waals surface area contributed by atoms with Gasteiger partial charge in [0, 0.05) is 11.4 Å². The van der Waals surface area contributed by atoms with Crippen molar-refractivity contribution in [1.29, 1.82) is 0 Å². The van der Waals surface area contributed by atoms with Gasteiger partial charge in [-0.1, -0.05) is 17.7 Å². The van der Waals surface area contributed by atoms with Gasteiger partial charge in [-0.05, 0) is 63.6 Å². The maximum absolute atomic E-state index is 12.3. The Morgan fingerprint density at radius 1 is 0.885 bits per heavy atom. The maximum Gasteiger partial charge on any atom is 0.228 e. The average molecular weight is 352 g/mol. The fourth-order valence-corrected chi connectivity index (χ4v) is 2.77. The molecule has 1 aliphatic rings. The van der Waals surface area contributed by atoms with Gasteiger partial charge in [0.15, 0.2) is 0 Å². The molecule has 2 atom stereocenters. The number of carbonyl (C=O) groups excluding carboxylic acids is 2. The molecule has 0 aliphatic heterocycles. The molecule has 0 spiro atoms. The van der Waals surface area contributed by atoms with Crippen LogP contribution in [0.25, 0.3) is 0 Å². The van der Waals surface area contributed by atoms with Gasteiger partial charge in [-0.25, -0.2) is 0 Å². The summed E-state index contributed by atoms with van der Waals surface area (Å²) in [5.41, 5.74) is 2.60. The van der Waals surface area contributed by atoms with E-state index in [0.29, 0.717) is 12.1 Å². The van der Waals surface area contributed by atoms with E-state index < -0.39 is 0 Å². The molecule has 5 nitrogen and oxygen atoms in total. The van der Waals surface area contributed by atoms with Crippen LogP contribution in [0.2, 0.25) is 0 Å². The highest BCUT2D eigenvalue weighted by Gasteiger charge is 2.48. The molecule has 2 unspecified atom stereocenters. The number of carbonyl (C=O) groups is 2. The van der Waals surface area contributed by atoms with Crippen LogP contribution in [0.3, 0.4) is 0 Å². The first-order chi connectivity index (χ1) is 12.4. The zero-order chi connectivity index (χ0) is 18.7. The standard InChI is InChI=1S/C21H24N2O3/c1-13(2)26-17-10-8-16(9-11-17)23-21(25)19-12-18(19)20(24)22-15-6-4-14(3)5-7-15/h4-11,13,18-19H,12H2,1-3H3,(H,22,24)(H,23,25). The van der Waals surface area contributed by atoms with Crippen molar-refractivity contribution in [3.8, 4) is 5.75 Å². The first kappa shape index (κ1) is 18.0. The quantitative estimate of drug-likeness (QED) is 0.826. The van der Waals surface area contributed by atoms with Crippen molar-refractivity contribution in [2.24, 2.45) is 11.8 Å². The summed E-state index contributed by atoms with van der Waals surface area (Å²) >= 11 is 0. The molecule has 1 aliphatic carbocycles. The van der Waals surface area contributed by atoms with Crippen LogP contribution in [0, 0.1) is 18.8 Å². The first-order valence-corrected chi connectivity index (χ1v) is 8.87. The fourth-order valence-electron chi connectivity index (χ4n) is 2.77. The van der Waals surface area contributed by atoms with Gasteiger partial charge in [-0.15, -0.1) is 0 Å². The second-order valence-electron chi connectivity index (χ2n) is 6.98. The molecule has 0 bridgehead atoms. The van der Waals surface area contributed by atoms with Gasteiger partial charge in [0.05, 0.1) is 17.9 Å². The monoisotopic (exact) mass is 352 g/mol. The third-order valence-electron chi connectivity index (χ3n) is 4.28. The van der Waals surface area contributed by atoms with Crippen LogP contribution in [0.15, 0.2) is 48.5 Å². The molecule has 2 amide bonds. The van der Waals surface area contributed by atoms with E-state index in [1.165, 1.54) is 0 Å². The lowest BCUT2D eigenvalue weighted by atomic mass is 10.2. The average Bonchev–Trinajstić information content (AvgIpc) is 3.39. The van der Waals surface area contributed by atoms with E-state index in [0.717, 1.165) is 17.0 Å². The Hall–Kier alpha value is -2.82. The van der Waals surface area contributed by atoms with Crippen molar-refractivity contribution < 1.29 is 14.3 Å². The highest BCUT2D eigenvalue weighted by atomic mass is 16.5. The van der Waals surface area contributed by atoms with Crippen molar-refractivity contribution in [2.75, 3.05) is 10.6 Å². The zero-order valence-corrected chi connectivity index (χ0v) is 15.3. The van der Waals surface area contributed by atoms with E-state index in [-0.39, 0.29) is 29.8 Å². The molecular formula is C21H24N2O3. The fraction of sp³-hybridized carbons (Fsp3) is 0.333. The van der Waals surface area contributed by atoms with Gasteiger partial charge in [0.1, 0.15) is 5.75 Å². The molecule has 26 heavy (non-hydrogen) atoms. The van der Waals surface area contributed by atoms with Gasteiger partial charge in [0.25, 0.3) is 0 Å². The van der Waals surface area contributed by atoms with E-state index in [1.54, 1.807) is 12.1 Å². The predicted molar refractivity (Wildman–Crippen MR) is 102 cm³/mol. The van der Waals surface area contributed by atoms with E-state index in [4.69, 9.17) is 4.74 Å². The largest absolute Gasteiger partial charge is 0.491 e. The third-order valence-corrected chi connectivity index (χ3v) is 4.28. The van der Waals surface area contributed by atoms with Crippen molar-refractivity contribution in [3.63, 3.8) is 0 Å². The lowest BCUT2D eigenvalue weighted by molar-refractivity contribution is -0.122. The highest BCUT2D eigenvalue weighted by molar-refractivity contribution is 6.03. The molecule has 0 radical (unpaired) electrons.